The third-order valence-corrected chi connectivity index (χ3v) is 5.18. The summed E-state index contributed by atoms with van der Waals surface area (Å²) < 4.78 is 35.5. The van der Waals surface area contributed by atoms with Gasteiger partial charge in [0, 0.05) is 38.2 Å². The van der Waals surface area contributed by atoms with E-state index in [2.05, 4.69) is 19.4 Å². The highest BCUT2D eigenvalue weighted by molar-refractivity contribution is 7.88. The summed E-state index contributed by atoms with van der Waals surface area (Å²) in [4.78, 5) is 6.21. The molecule has 1 saturated carbocycles. The van der Waals surface area contributed by atoms with Crippen LogP contribution in [0.3, 0.4) is 0 Å². The van der Waals surface area contributed by atoms with E-state index < -0.39 is 10.0 Å². The van der Waals surface area contributed by atoms with Gasteiger partial charge in [0.25, 0.3) is 0 Å². The maximum atomic E-state index is 11.5. The molecule has 0 bridgehead atoms. The summed E-state index contributed by atoms with van der Waals surface area (Å²) in [7, 11) is 0.491. The van der Waals surface area contributed by atoms with E-state index in [1.807, 2.05) is 19.0 Å². The SMILES string of the molecule is CN(C)c1nsc(N[C@H]2[C@H]3CCO[C@H]3[C@@H]2NS(C)(=O)=O)n1. The number of hydrogen-bond acceptors (Lipinski definition) is 8. The van der Waals surface area contributed by atoms with E-state index in [1.165, 1.54) is 17.8 Å². The molecular weight excluding hydrogens is 314 g/mol. The Bertz CT molecular complexity index is 617. The number of ether oxygens (including phenoxy) is 1. The van der Waals surface area contributed by atoms with Crippen LogP contribution in [0.4, 0.5) is 11.1 Å². The number of rotatable bonds is 5. The van der Waals surface area contributed by atoms with Gasteiger partial charge in [0.2, 0.25) is 21.1 Å². The summed E-state index contributed by atoms with van der Waals surface area (Å²) >= 11 is 1.28. The molecule has 4 atom stereocenters. The van der Waals surface area contributed by atoms with E-state index in [0.717, 1.165) is 6.42 Å². The molecular formula is C11H19N5O3S2. The highest BCUT2D eigenvalue weighted by Gasteiger charge is 2.55. The zero-order valence-corrected chi connectivity index (χ0v) is 13.7. The number of anilines is 2. The second-order valence-corrected chi connectivity index (χ2v) is 8.20. The highest BCUT2D eigenvalue weighted by Crippen LogP contribution is 2.41. The predicted octanol–water partition coefficient (Wildman–Crippen LogP) is -0.279. The molecule has 3 rings (SSSR count). The fraction of sp³-hybridized carbons (Fsp3) is 0.818. The van der Waals surface area contributed by atoms with Crippen molar-refractivity contribution in [3.63, 3.8) is 0 Å². The molecule has 8 nitrogen and oxygen atoms in total. The Labute approximate surface area is 128 Å². The molecule has 1 saturated heterocycles. The largest absolute Gasteiger partial charge is 0.376 e. The van der Waals surface area contributed by atoms with Crippen molar-refractivity contribution in [2.24, 2.45) is 5.92 Å². The van der Waals surface area contributed by atoms with E-state index in [4.69, 9.17) is 4.74 Å². The lowest BCUT2D eigenvalue weighted by molar-refractivity contribution is -0.00308. The van der Waals surface area contributed by atoms with Crippen LogP contribution in [0.25, 0.3) is 0 Å². The summed E-state index contributed by atoms with van der Waals surface area (Å²) in [5.41, 5.74) is 0. The molecule has 1 aliphatic carbocycles. The smallest absolute Gasteiger partial charge is 0.238 e. The minimum Gasteiger partial charge on any atom is -0.376 e. The minimum atomic E-state index is -3.27. The van der Waals surface area contributed by atoms with Crippen LogP contribution < -0.4 is 14.9 Å². The number of hydrogen-bond donors (Lipinski definition) is 2. The average molecular weight is 333 g/mol. The van der Waals surface area contributed by atoms with Gasteiger partial charge >= 0.3 is 0 Å². The van der Waals surface area contributed by atoms with Gasteiger partial charge in [-0.15, -0.1) is 0 Å². The predicted molar refractivity (Wildman–Crippen MR) is 81.3 cm³/mol. The van der Waals surface area contributed by atoms with Gasteiger partial charge in [-0.2, -0.15) is 9.36 Å². The van der Waals surface area contributed by atoms with Gasteiger partial charge in [0.05, 0.1) is 24.4 Å². The number of aromatic nitrogens is 2. The topological polar surface area (TPSA) is 96.5 Å². The van der Waals surface area contributed by atoms with Crippen LogP contribution >= 0.6 is 11.5 Å². The summed E-state index contributed by atoms with van der Waals surface area (Å²) in [5, 5.41) is 4.01. The van der Waals surface area contributed by atoms with Crippen LogP contribution in [0.1, 0.15) is 6.42 Å². The lowest BCUT2D eigenvalue weighted by Gasteiger charge is -2.47. The highest BCUT2D eigenvalue weighted by atomic mass is 32.2. The van der Waals surface area contributed by atoms with E-state index in [0.29, 0.717) is 23.6 Å². The van der Waals surface area contributed by atoms with Gasteiger partial charge in [-0.05, 0) is 6.42 Å². The molecule has 21 heavy (non-hydrogen) atoms. The molecule has 0 radical (unpaired) electrons. The molecule has 2 aliphatic rings. The lowest BCUT2D eigenvalue weighted by Crippen LogP contribution is -2.67. The van der Waals surface area contributed by atoms with Crippen molar-refractivity contribution < 1.29 is 13.2 Å². The number of nitrogens with zero attached hydrogens (tertiary/aromatic N) is 3. The molecule has 118 valence electrons. The first-order chi connectivity index (χ1) is 9.85. The van der Waals surface area contributed by atoms with Crippen LogP contribution in [0.5, 0.6) is 0 Å². The molecule has 2 N–H and O–H groups in total. The lowest BCUT2D eigenvalue weighted by atomic mass is 9.72. The van der Waals surface area contributed by atoms with Crippen LogP contribution in [-0.4, -0.2) is 62.9 Å². The Hall–Kier alpha value is -0.970. The van der Waals surface area contributed by atoms with Crippen LogP contribution in [0.2, 0.25) is 0 Å². The van der Waals surface area contributed by atoms with Crippen molar-refractivity contribution >= 4 is 32.6 Å². The molecule has 0 unspecified atom stereocenters. The Morgan fingerprint density at radius 3 is 2.76 bits per heavy atom. The van der Waals surface area contributed by atoms with Gasteiger partial charge in [0.1, 0.15) is 0 Å². The molecule has 1 aliphatic heterocycles. The van der Waals surface area contributed by atoms with E-state index in [-0.39, 0.29) is 18.2 Å². The molecule has 0 spiro atoms. The quantitative estimate of drug-likeness (QED) is 0.765. The zero-order chi connectivity index (χ0) is 15.2. The van der Waals surface area contributed by atoms with Gasteiger partial charge in [-0.25, -0.2) is 13.1 Å². The first kappa shape index (κ1) is 14.9. The molecule has 1 aromatic heterocycles. The molecule has 10 heteroatoms. The minimum absolute atomic E-state index is 0.00446. The van der Waals surface area contributed by atoms with E-state index in [1.54, 1.807) is 0 Å². The van der Waals surface area contributed by atoms with Crippen LogP contribution in [0.15, 0.2) is 0 Å². The van der Waals surface area contributed by atoms with Gasteiger partial charge in [-0.1, -0.05) is 0 Å². The summed E-state index contributed by atoms with van der Waals surface area (Å²) in [6.45, 7) is 0.675. The van der Waals surface area contributed by atoms with E-state index >= 15 is 0 Å². The van der Waals surface area contributed by atoms with Crippen molar-refractivity contribution in [1.29, 1.82) is 0 Å². The van der Waals surface area contributed by atoms with Gasteiger partial charge in [-0.3, -0.25) is 0 Å². The summed E-state index contributed by atoms with van der Waals surface area (Å²) in [6, 6.07) is -0.255. The molecule has 1 aromatic rings. The normalized spacial score (nSPS) is 31.6. The van der Waals surface area contributed by atoms with Crippen molar-refractivity contribution in [2.45, 2.75) is 24.6 Å². The standard InChI is InChI=1S/C11H19N5O3S2/c1-16(2)10-13-11(20-14-10)12-7-6-4-5-19-9(6)8(7)15-21(3,17)18/h6-9,15H,4-5H2,1-3H3,(H,12,13,14)/t6-,7+,8-,9-/m1/s1. The fourth-order valence-electron chi connectivity index (χ4n) is 2.89. The Kier molecular flexibility index (Phi) is 3.80. The Balaban J connectivity index is 1.72. The summed E-state index contributed by atoms with van der Waals surface area (Å²) in [6.07, 6.45) is 2.06. The van der Waals surface area contributed by atoms with Crippen molar-refractivity contribution in [1.82, 2.24) is 14.1 Å². The zero-order valence-electron chi connectivity index (χ0n) is 12.1. The van der Waals surface area contributed by atoms with Crippen molar-refractivity contribution in [3.8, 4) is 0 Å². The number of fused-ring (bicyclic) bond motifs is 1. The molecule has 0 aromatic carbocycles. The number of sulfonamides is 1. The first-order valence-electron chi connectivity index (χ1n) is 6.71. The second-order valence-electron chi connectivity index (χ2n) is 5.67. The maximum Gasteiger partial charge on any atom is 0.238 e. The first-order valence-corrected chi connectivity index (χ1v) is 9.38. The maximum absolute atomic E-state index is 11.5. The van der Waals surface area contributed by atoms with Gasteiger partial charge < -0.3 is 15.0 Å². The molecule has 2 fully saturated rings. The summed E-state index contributed by atoms with van der Waals surface area (Å²) in [5.74, 6) is 0.963. The van der Waals surface area contributed by atoms with Crippen LogP contribution in [0, 0.1) is 5.92 Å². The van der Waals surface area contributed by atoms with Crippen molar-refractivity contribution in [3.05, 3.63) is 0 Å². The van der Waals surface area contributed by atoms with E-state index in [9.17, 15) is 8.42 Å². The third-order valence-electron chi connectivity index (χ3n) is 3.84. The Morgan fingerprint density at radius 1 is 1.38 bits per heavy atom. The third kappa shape index (κ3) is 2.98. The fourth-order valence-corrected chi connectivity index (χ4v) is 4.35. The van der Waals surface area contributed by atoms with Crippen LogP contribution in [-0.2, 0) is 14.8 Å². The number of nitrogens with one attached hydrogen (secondary N) is 2. The monoisotopic (exact) mass is 333 g/mol. The molecule has 2 heterocycles. The Morgan fingerprint density at radius 2 is 2.14 bits per heavy atom. The molecule has 0 amide bonds. The van der Waals surface area contributed by atoms with Gasteiger partial charge in [0.15, 0.2) is 0 Å². The second kappa shape index (κ2) is 5.34. The average Bonchev–Trinajstić information content (AvgIpc) is 3.00. The van der Waals surface area contributed by atoms with Crippen molar-refractivity contribution in [2.75, 3.05) is 37.2 Å².